The summed E-state index contributed by atoms with van der Waals surface area (Å²) >= 11 is 0. The first-order chi connectivity index (χ1) is 10.6. The molecular weight excluding hydrogens is 274 g/mol. The average Bonchev–Trinajstić information content (AvgIpc) is 2.90. The maximum absolute atomic E-state index is 11.7. The third-order valence-corrected chi connectivity index (χ3v) is 5.83. The van der Waals surface area contributed by atoms with Gasteiger partial charge in [-0.1, -0.05) is 18.2 Å². The Morgan fingerprint density at radius 3 is 2.82 bits per heavy atom. The predicted octanol–water partition coefficient (Wildman–Crippen LogP) is 3.05. The quantitative estimate of drug-likeness (QED) is 0.866. The van der Waals surface area contributed by atoms with E-state index >= 15 is 0 Å². The summed E-state index contributed by atoms with van der Waals surface area (Å²) in [6.07, 6.45) is 8.42. The van der Waals surface area contributed by atoms with E-state index in [1.807, 2.05) is 0 Å². The van der Waals surface area contributed by atoms with Crippen molar-refractivity contribution in [1.82, 2.24) is 5.32 Å². The van der Waals surface area contributed by atoms with Gasteiger partial charge >= 0.3 is 0 Å². The van der Waals surface area contributed by atoms with Crippen LogP contribution in [0.1, 0.15) is 67.6 Å². The molecule has 1 spiro atoms. The summed E-state index contributed by atoms with van der Waals surface area (Å²) in [5.41, 5.74) is 4.06. The number of hydrogen-bond acceptors (Lipinski definition) is 2. The Labute approximate surface area is 131 Å². The second kappa shape index (κ2) is 5.22. The highest BCUT2D eigenvalue weighted by Crippen LogP contribution is 2.45. The molecule has 1 saturated carbocycles. The van der Waals surface area contributed by atoms with Gasteiger partial charge in [-0.2, -0.15) is 0 Å². The zero-order valence-electron chi connectivity index (χ0n) is 13.0. The highest BCUT2D eigenvalue weighted by molar-refractivity contribution is 5.83. The molecule has 1 aromatic carbocycles. The molecule has 1 saturated heterocycles. The van der Waals surface area contributed by atoms with Gasteiger partial charge in [0.15, 0.2) is 0 Å². The lowest BCUT2D eigenvalue weighted by molar-refractivity contribution is -0.125. The Hall–Kier alpha value is -1.64. The number of aryl methyl sites for hydroxylation is 1. The van der Waals surface area contributed by atoms with Crippen molar-refractivity contribution in [2.75, 3.05) is 0 Å². The van der Waals surface area contributed by atoms with E-state index in [4.69, 9.17) is 0 Å². The highest BCUT2D eigenvalue weighted by atomic mass is 16.1. The average molecular weight is 297 g/mol. The number of amides is 1. The molecule has 1 N–H and O–H groups in total. The molecule has 0 unspecified atom stereocenters. The van der Waals surface area contributed by atoms with Gasteiger partial charge in [0.25, 0.3) is 0 Å². The molecule has 3 nitrogen and oxygen atoms in total. The van der Waals surface area contributed by atoms with Crippen LogP contribution in [0.5, 0.6) is 0 Å². The van der Waals surface area contributed by atoms with Gasteiger partial charge in [0.05, 0.1) is 0 Å². The number of piperidine rings is 1. The minimum Gasteiger partial charge on any atom is -0.351 e. The molecule has 2 atom stereocenters. The Kier molecular flexibility index (Phi) is 3.32. The maximum Gasteiger partial charge on any atom is 0.220 e. The van der Waals surface area contributed by atoms with E-state index in [2.05, 4.69) is 23.5 Å². The van der Waals surface area contributed by atoms with Crippen molar-refractivity contribution in [2.24, 2.45) is 0 Å². The number of carbonyl (C=O) groups is 2. The van der Waals surface area contributed by atoms with Crippen molar-refractivity contribution in [2.45, 2.75) is 69.2 Å². The largest absolute Gasteiger partial charge is 0.351 e. The molecule has 1 aliphatic heterocycles. The highest BCUT2D eigenvalue weighted by Gasteiger charge is 2.42. The number of Topliss-reactive ketones (excluding diaryl/α,β-unsaturated/α-hetero) is 1. The molecule has 1 heterocycles. The monoisotopic (exact) mass is 297 g/mol. The molecule has 4 rings (SSSR count). The molecular formula is C19H23NO2. The van der Waals surface area contributed by atoms with E-state index in [-0.39, 0.29) is 11.4 Å². The zero-order valence-corrected chi connectivity index (χ0v) is 13.0. The van der Waals surface area contributed by atoms with Gasteiger partial charge < -0.3 is 5.32 Å². The number of hydrogen-bond donors (Lipinski definition) is 1. The lowest BCUT2D eigenvalue weighted by Crippen LogP contribution is -2.49. The SMILES string of the molecule is O=C1CCc2cc([C@@H]3CC[C@]4(CCCC(=O)N4)C3)ccc2C1. The van der Waals surface area contributed by atoms with Crippen molar-refractivity contribution in [3.63, 3.8) is 0 Å². The number of benzene rings is 1. The molecule has 1 amide bonds. The normalized spacial score (nSPS) is 31.2. The van der Waals surface area contributed by atoms with E-state index in [0.29, 0.717) is 31.0 Å². The molecule has 3 heteroatoms. The number of rotatable bonds is 1. The van der Waals surface area contributed by atoms with Gasteiger partial charge in [-0.15, -0.1) is 0 Å². The summed E-state index contributed by atoms with van der Waals surface area (Å²) < 4.78 is 0. The molecule has 0 bridgehead atoms. The molecule has 22 heavy (non-hydrogen) atoms. The topological polar surface area (TPSA) is 46.2 Å². The first-order valence-corrected chi connectivity index (χ1v) is 8.58. The van der Waals surface area contributed by atoms with Crippen molar-refractivity contribution >= 4 is 11.7 Å². The third-order valence-electron chi connectivity index (χ3n) is 5.83. The van der Waals surface area contributed by atoms with Gasteiger partial charge in [-0.25, -0.2) is 0 Å². The summed E-state index contributed by atoms with van der Waals surface area (Å²) in [5, 5.41) is 3.28. The van der Waals surface area contributed by atoms with Crippen molar-refractivity contribution in [3.05, 3.63) is 34.9 Å². The van der Waals surface area contributed by atoms with E-state index < -0.39 is 0 Å². The van der Waals surface area contributed by atoms with Crippen LogP contribution in [-0.4, -0.2) is 17.2 Å². The molecule has 0 aromatic heterocycles. The van der Waals surface area contributed by atoms with Crippen molar-refractivity contribution in [1.29, 1.82) is 0 Å². The van der Waals surface area contributed by atoms with Crippen molar-refractivity contribution in [3.8, 4) is 0 Å². The summed E-state index contributed by atoms with van der Waals surface area (Å²) in [6.45, 7) is 0. The summed E-state index contributed by atoms with van der Waals surface area (Å²) in [6, 6.07) is 6.70. The minimum atomic E-state index is 0.0614. The van der Waals surface area contributed by atoms with Crippen LogP contribution in [0, 0.1) is 0 Å². The standard InChI is InChI=1S/C19H23NO2/c21-17-6-5-13-10-14(3-4-15(13)11-17)16-7-9-19(12-16)8-1-2-18(22)20-19/h3-4,10,16H,1-2,5-9,11-12H2,(H,20,22)/t16-,19-/m1/s1. The molecule has 2 fully saturated rings. The van der Waals surface area contributed by atoms with Gasteiger partial charge in [-0.05, 0) is 61.1 Å². The molecule has 116 valence electrons. The van der Waals surface area contributed by atoms with Crippen LogP contribution in [-0.2, 0) is 22.4 Å². The molecule has 3 aliphatic rings. The van der Waals surface area contributed by atoms with Crippen LogP contribution in [0.4, 0.5) is 0 Å². The van der Waals surface area contributed by atoms with Crippen LogP contribution in [0.3, 0.4) is 0 Å². The fourth-order valence-electron chi connectivity index (χ4n) is 4.64. The van der Waals surface area contributed by atoms with Crippen LogP contribution in [0.25, 0.3) is 0 Å². The summed E-state index contributed by atoms with van der Waals surface area (Å²) in [7, 11) is 0. The minimum absolute atomic E-state index is 0.0614. The zero-order chi connectivity index (χ0) is 15.2. The Morgan fingerprint density at radius 1 is 1.05 bits per heavy atom. The number of carbonyl (C=O) groups excluding carboxylic acids is 2. The molecule has 2 aliphatic carbocycles. The van der Waals surface area contributed by atoms with Crippen molar-refractivity contribution < 1.29 is 9.59 Å². The van der Waals surface area contributed by atoms with Gasteiger partial charge in [0.1, 0.15) is 5.78 Å². The maximum atomic E-state index is 11.7. The predicted molar refractivity (Wildman–Crippen MR) is 84.8 cm³/mol. The van der Waals surface area contributed by atoms with Crippen LogP contribution < -0.4 is 5.32 Å². The second-order valence-electron chi connectivity index (χ2n) is 7.37. The van der Waals surface area contributed by atoms with E-state index in [1.165, 1.54) is 16.7 Å². The van der Waals surface area contributed by atoms with Crippen LogP contribution in [0.2, 0.25) is 0 Å². The first-order valence-electron chi connectivity index (χ1n) is 8.58. The van der Waals surface area contributed by atoms with Gasteiger partial charge in [0.2, 0.25) is 5.91 Å². The number of nitrogens with one attached hydrogen (secondary N) is 1. The summed E-state index contributed by atoms with van der Waals surface area (Å²) in [5.74, 6) is 1.15. The molecule has 0 radical (unpaired) electrons. The van der Waals surface area contributed by atoms with E-state index in [1.54, 1.807) is 0 Å². The lowest BCUT2D eigenvalue weighted by atomic mass is 9.83. The Bertz CT molecular complexity index is 636. The van der Waals surface area contributed by atoms with Crippen LogP contribution >= 0.6 is 0 Å². The number of fused-ring (bicyclic) bond motifs is 1. The van der Waals surface area contributed by atoms with E-state index in [9.17, 15) is 9.59 Å². The van der Waals surface area contributed by atoms with Crippen LogP contribution in [0.15, 0.2) is 18.2 Å². The third kappa shape index (κ3) is 2.47. The first kappa shape index (κ1) is 14.0. The van der Waals surface area contributed by atoms with Gasteiger partial charge in [-0.3, -0.25) is 9.59 Å². The fourth-order valence-corrected chi connectivity index (χ4v) is 4.64. The second-order valence-corrected chi connectivity index (χ2v) is 7.37. The van der Waals surface area contributed by atoms with E-state index in [0.717, 1.165) is 38.5 Å². The summed E-state index contributed by atoms with van der Waals surface area (Å²) in [4.78, 5) is 23.3. The Morgan fingerprint density at radius 2 is 1.95 bits per heavy atom. The smallest absolute Gasteiger partial charge is 0.220 e. The number of ketones is 1. The van der Waals surface area contributed by atoms with Gasteiger partial charge in [0, 0.05) is 24.8 Å². The fraction of sp³-hybridized carbons (Fsp3) is 0.579. The lowest BCUT2D eigenvalue weighted by Gasteiger charge is -2.34. The Balaban J connectivity index is 1.54. The molecule has 1 aromatic rings.